The lowest BCUT2D eigenvalue weighted by atomic mass is 9.46. The second-order valence-corrected chi connectivity index (χ2v) is 28.2. The first-order valence-corrected chi connectivity index (χ1v) is 28.4. The molecule has 0 bridgehead atoms. The standard InChI is InChI=1S/C32H48O4S.C26H44O2.4CH4/c1-21(33)19-29(37(35,36)24-9-7-6-8-10-24)22(2)26-13-14-27-25-12-11-23-20-30(3,34)17-18-31(23,4)28(25)15-16-32(26,27)5;1-17(6-7-18(2)27)21-10-11-22-20-9-8-19-16-24(3,28)14-15-25(19,4)23(20)12-13-26(21,22)5;;;;/h6-11,21-22,25-29,33-34H,12-20H2,1-5H3;8,17-18,20-23,27-28H,6-7,9-16H2,1-5H3;4*1H4/t21-,22-,25-,26+,27-,28-,29?,30-,31-,32+;17-,18+,20+,21-,22+,23+,24+,25+,26-;;;;/m01..../s1. The summed E-state index contributed by atoms with van der Waals surface area (Å²) in [5.74, 6) is 6.37. The first-order valence-electron chi connectivity index (χ1n) is 26.9. The summed E-state index contributed by atoms with van der Waals surface area (Å²) in [4.78, 5) is 0.377. The van der Waals surface area contributed by atoms with Crippen molar-refractivity contribution >= 4 is 9.84 Å². The first kappa shape index (κ1) is 60.0. The van der Waals surface area contributed by atoms with E-state index in [0.717, 1.165) is 87.4 Å². The third kappa shape index (κ3) is 10.9. The van der Waals surface area contributed by atoms with Gasteiger partial charge in [0.05, 0.1) is 33.6 Å². The van der Waals surface area contributed by atoms with Gasteiger partial charge in [0.15, 0.2) is 9.84 Å². The van der Waals surface area contributed by atoms with Crippen molar-refractivity contribution in [2.45, 2.75) is 254 Å². The minimum Gasteiger partial charge on any atom is -0.393 e. The van der Waals surface area contributed by atoms with E-state index in [1.165, 1.54) is 63.4 Å². The molecule has 0 heterocycles. The van der Waals surface area contributed by atoms with Crippen molar-refractivity contribution < 1.29 is 28.8 Å². The van der Waals surface area contributed by atoms with Gasteiger partial charge in [-0.2, -0.15) is 0 Å². The highest BCUT2D eigenvalue weighted by atomic mass is 32.2. The van der Waals surface area contributed by atoms with Crippen molar-refractivity contribution in [1.29, 1.82) is 0 Å². The molecule has 8 aliphatic rings. The van der Waals surface area contributed by atoms with Gasteiger partial charge in [0.25, 0.3) is 0 Å². The van der Waals surface area contributed by atoms with E-state index in [-0.39, 0.29) is 59.0 Å². The third-order valence-corrected chi connectivity index (χ3v) is 24.2. The molecule has 1 aromatic carbocycles. The number of hydrogen-bond acceptors (Lipinski definition) is 6. The van der Waals surface area contributed by atoms with Crippen LogP contribution in [0.5, 0.6) is 0 Å². The SMILES string of the molecule is C.C.C.C.C[C@H](O)CC([C@@H](C)[C@H]1CC[C@H]2[C@@H]3CC=C4C[C@@](C)(O)CC[C@]4(C)[C@H]3CC[C@]12C)S(=O)(=O)c1ccccc1.C[C@H](O)CC[C@@H](C)[C@H]1CC[C@H]2[C@@H]3CC=C4C[C@@](C)(O)CC[C@]4(C)[C@H]3CC[C@]12C. The number of aliphatic hydroxyl groups is 4. The average molecular weight is 982 g/mol. The zero-order valence-electron chi connectivity index (χ0n) is 42.5. The van der Waals surface area contributed by atoms with E-state index in [2.05, 4.69) is 53.7 Å². The molecule has 398 valence electrons. The molecule has 7 heteroatoms. The number of rotatable bonds is 10. The van der Waals surface area contributed by atoms with Gasteiger partial charge in [-0.25, -0.2) is 8.42 Å². The van der Waals surface area contributed by atoms with Crippen LogP contribution in [0.3, 0.4) is 0 Å². The van der Waals surface area contributed by atoms with E-state index < -0.39 is 32.4 Å². The second kappa shape index (κ2) is 21.8. The minimum absolute atomic E-state index is 0. The molecule has 19 atom stereocenters. The molecule has 6 saturated carbocycles. The molecular weight excluding hydrogens is 873 g/mol. The van der Waals surface area contributed by atoms with Crippen molar-refractivity contribution in [3.8, 4) is 0 Å². The topological polar surface area (TPSA) is 115 Å². The van der Waals surface area contributed by atoms with E-state index in [4.69, 9.17) is 0 Å². The van der Waals surface area contributed by atoms with Gasteiger partial charge in [-0.3, -0.25) is 0 Å². The van der Waals surface area contributed by atoms with Crippen molar-refractivity contribution in [3.63, 3.8) is 0 Å². The van der Waals surface area contributed by atoms with E-state index >= 15 is 0 Å². The Labute approximate surface area is 425 Å². The van der Waals surface area contributed by atoms with Crippen LogP contribution >= 0.6 is 0 Å². The summed E-state index contributed by atoms with van der Waals surface area (Å²) in [7, 11) is -3.55. The normalized spacial score (nSPS) is 42.9. The minimum atomic E-state index is -3.55. The lowest BCUT2D eigenvalue weighted by molar-refractivity contribution is -0.0708. The van der Waals surface area contributed by atoms with Crippen molar-refractivity contribution in [1.82, 2.24) is 0 Å². The van der Waals surface area contributed by atoms with Crippen LogP contribution in [0.1, 0.15) is 221 Å². The highest BCUT2D eigenvalue weighted by Crippen LogP contribution is 2.70. The van der Waals surface area contributed by atoms with E-state index in [0.29, 0.717) is 39.4 Å². The van der Waals surface area contributed by atoms with Gasteiger partial charge in [0.2, 0.25) is 0 Å². The summed E-state index contributed by atoms with van der Waals surface area (Å²) in [5.41, 5.74) is 3.17. The fraction of sp³-hybridized carbons (Fsp3) is 0.839. The van der Waals surface area contributed by atoms with Crippen LogP contribution in [-0.4, -0.2) is 57.5 Å². The zero-order chi connectivity index (χ0) is 47.1. The molecular formula is C62H108O6S. The maximum absolute atomic E-state index is 13.9. The molecule has 9 rings (SSSR count). The molecule has 0 radical (unpaired) electrons. The van der Waals surface area contributed by atoms with Crippen molar-refractivity contribution in [3.05, 3.63) is 53.6 Å². The van der Waals surface area contributed by atoms with Crippen LogP contribution in [0, 0.1) is 80.8 Å². The van der Waals surface area contributed by atoms with Gasteiger partial charge < -0.3 is 20.4 Å². The van der Waals surface area contributed by atoms with Gasteiger partial charge in [-0.05, 0) is 243 Å². The zero-order valence-corrected chi connectivity index (χ0v) is 43.3. The van der Waals surface area contributed by atoms with Gasteiger partial charge in [-0.1, -0.05) is 113 Å². The largest absolute Gasteiger partial charge is 0.393 e. The number of fused-ring (bicyclic) bond motifs is 10. The number of aliphatic hydroxyl groups excluding tert-OH is 2. The van der Waals surface area contributed by atoms with Crippen LogP contribution in [-0.2, 0) is 9.84 Å². The smallest absolute Gasteiger partial charge is 0.181 e. The molecule has 0 amide bonds. The monoisotopic (exact) mass is 981 g/mol. The Bertz CT molecular complexity index is 2020. The average Bonchev–Trinajstić information content (AvgIpc) is 3.79. The third-order valence-electron chi connectivity index (χ3n) is 21.9. The Hall–Kier alpha value is -1.51. The molecule has 6 fully saturated rings. The molecule has 69 heavy (non-hydrogen) atoms. The molecule has 1 unspecified atom stereocenters. The Morgan fingerprint density at radius 3 is 1.46 bits per heavy atom. The molecule has 0 spiro atoms. The number of allylic oxidation sites excluding steroid dienone is 2. The van der Waals surface area contributed by atoms with Crippen molar-refractivity contribution in [2.24, 2.45) is 80.8 Å². The number of hydrogen-bond donors (Lipinski definition) is 4. The molecule has 4 N–H and O–H groups in total. The predicted octanol–water partition coefficient (Wildman–Crippen LogP) is 15.2. The first-order chi connectivity index (χ1) is 30.4. The number of benzene rings is 1. The Kier molecular flexibility index (Phi) is 18.9. The predicted molar refractivity (Wildman–Crippen MR) is 292 cm³/mol. The lowest BCUT2D eigenvalue weighted by Crippen LogP contribution is -2.52. The summed E-state index contributed by atoms with van der Waals surface area (Å²) < 4.78 is 27.7. The quantitative estimate of drug-likeness (QED) is 0.174. The van der Waals surface area contributed by atoms with Crippen LogP contribution in [0.15, 0.2) is 58.5 Å². The van der Waals surface area contributed by atoms with Gasteiger partial charge >= 0.3 is 0 Å². The molecule has 0 aromatic heterocycles. The summed E-state index contributed by atoms with van der Waals surface area (Å²) >= 11 is 0. The summed E-state index contributed by atoms with van der Waals surface area (Å²) in [5, 5.41) is 40.9. The maximum Gasteiger partial charge on any atom is 0.181 e. The van der Waals surface area contributed by atoms with Gasteiger partial charge in [0, 0.05) is 0 Å². The highest BCUT2D eigenvalue weighted by molar-refractivity contribution is 7.92. The summed E-state index contributed by atoms with van der Waals surface area (Å²) in [6.45, 7) is 22.4. The Balaban J connectivity index is 0.000000293. The van der Waals surface area contributed by atoms with Gasteiger partial charge in [-0.15, -0.1) is 0 Å². The number of sulfone groups is 1. The van der Waals surface area contributed by atoms with Crippen molar-refractivity contribution in [2.75, 3.05) is 0 Å². The van der Waals surface area contributed by atoms with Crippen LogP contribution in [0.2, 0.25) is 0 Å². The fourth-order valence-corrected chi connectivity index (χ4v) is 20.4. The van der Waals surface area contributed by atoms with Gasteiger partial charge in [0.1, 0.15) is 0 Å². The summed E-state index contributed by atoms with van der Waals surface area (Å²) in [6, 6.07) is 8.85. The lowest BCUT2D eigenvalue weighted by Gasteiger charge is -2.59. The molecule has 1 aromatic rings. The second-order valence-electron chi connectivity index (χ2n) is 26.1. The van der Waals surface area contributed by atoms with E-state index in [1.807, 2.05) is 26.8 Å². The molecule has 0 saturated heterocycles. The van der Waals surface area contributed by atoms with E-state index in [9.17, 15) is 28.8 Å². The van der Waals surface area contributed by atoms with Crippen LogP contribution < -0.4 is 0 Å². The molecule has 6 nitrogen and oxygen atoms in total. The fourth-order valence-electron chi connectivity index (χ4n) is 18.2. The van der Waals surface area contributed by atoms with Crippen LogP contribution in [0.4, 0.5) is 0 Å². The van der Waals surface area contributed by atoms with Crippen LogP contribution in [0.25, 0.3) is 0 Å². The Morgan fingerprint density at radius 1 is 0.565 bits per heavy atom. The maximum atomic E-state index is 13.9. The Morgan fingerprint density at radius 2 is 1.01 bits per heavy atom. The highest BCUT2D eigenvalue weighted by Gasteiger charge is 2.62. The summed E-state index contributed by atoms with van der Waals surface area (Å²) in [6.07, 6.45) is 25.0. The van der Waals surface area contributed by atoms with E-state index in [1.54, 1.807) is 36.8 Å². The molecule has 8 aliphatic carbocycles. The molecule has 0 aliphatic heterocycles.